The van der Waals surface area contributed by atoms with Gasteiger partial charge in [-0.3, -0.25) is 0 Å². The van der Waals surface area contributed by atoms with Crippen molar-refractivity contribution in [2.45, 2.75) is 13.0 Å². The van der Waals surface area contributed by atoms with Crippen molar-refractivity contribution in [2.24, 2.45) is 0 Å². The Bertz CT molecular complexity index is 2490. The molecule has 8 aromatic carbocycles. The third kappa shape index (κ3) is 4.63. The lowest BCUT2D eigenvalue weighted by Gasteiger charge is -2.36. The minimum atomic E-state index is -0.00225. The van der Waals surface area contributed by atoms with Gasteiger partial charge in [0.2, 0.25) is 0 Å². The summed E-state index contributed by atoms with van der Waals surface area (Å²) >= 11 is 0. The molecule has 47 heavy (non-hydrogen) atoms. The number of fused-ring (bicyclic) bond motifs is 4. The first-order valence-electron chi connectivity index (χ1n) is 16.3. The van der Waals surface area contributed by atoms with Crippen LogP contribution in [0.1, 0.15) is 22.7 Å². The molecule has 0 spiro atoms. The molecule has 0 radical (unpaired) electrons. The van der Waals surface area contributed by atoms with Gasteiger partial charge in [-0.1, -0.05) is 181 Å². The zero-order valence-electron chi connectivity index (χ0n) is 26.2. The first-order chi connectivity index (χ1) is 23.2. The first kappa shape index (κ1) is 27.4. The van der Waals surface area contributed by atoms with Gasteiger partial charge in [-0.05, 0) is 83.4 Å². The van der Waals surface area contributed by atoms with Crippen LogP contribution in [0.15, 0.2) is 170 Å². The van der Waals surface area contributed by atoms with Crippen LogP contribution in [0.4, 0.5) is 0 Å². The highest BCUT2D eigenvalue weighted by Gasteiger charge is 2.18. The van der Waals surface area contributed by atoms with Gasteiger partial charge < -0.3 is 5.32 Å². The van der Waals surface area contributed by atoms with Crippen molar-refractivity contribution in [1.82, 2.24) is 0 Å². The highest BCUT2D eigenvalue weighted by atomic mass is 14.9. The highest BCUT2D eigenvalue weighted by Crippen LogP contribution is 2.46. The zero-order chi connectivity index (χ0) is 31.3. The number of benzene rings is 8. The van der Waals surface area contributed by atoms with Crippen molar-refractivity contribution >= 4 is 48.8 Å². The molecule has 0 bridgehead atoms. The van der Waals surface area contributed by atoms with Gasteiger partial charge in [-0.2, -0.15) is 0 Å². The van der Waals surface area contributed by atoms with Crippen molar-refractivity contribution in [3.05, 3.63) is 192 Å². The molecule has 1 atom stereocenters. The molecule has 8 aromatic rings. The minimum absolute atomic E-state index is 0.00225. The highest BCUT2D eigenvalue weighted by molar-refractivity contribution is 6.23. The van der Waals surface area contributed by atoms with Crippen LogP contribution < -0.4 is 0 Å². The van der Waals surface area contributed by atoms with Gasteiger partial charge in [0.15, 0.2) is 0 Å². The van der Waals surface area contributed by atoms with Crippen LogP contribution >= 0.6 is 0 Å². The van der Waals surface area contributed by atoms with Crippen LogP contribution in [0.2, 0.25) is 0 Å². The van der Waals surface area contributed by atoms with Gasteiger partial charge in [0.05, 0.1) is 0 Å². The fourth-order valence-corrected chi connectivity index (χ4v) is 7.46. The second-order valence-corrected chi connectivity index (χ2v) is 12.5. The summed E-state index contributed by atoms with van der Waals surface area (Å²) < 4.78 is 0. The van der Waals surface area contributed by atoms with Crippen molar-refractivity contribution in [3.63, 3.8) is 0 Å². The van der Waals surface area contributed by atoms with E-state index in [1.54, 1.807) is 0 Å². The lowest BCUT2D eigenvalue weighted by molar-refractivity contribution is 1.04. The molecule has 222 valence electrons. The fraction of sp³-hybridized carbons (Fsp3) is 0.0435. The Hall–Kier alpha value is -5.92. The SMILES string of the molecule is Cc1cccc2c(-c3c4ccccc4c(-c4ccc(C5=CC=CC(c6ccc7ccccc7c6)[N-]5)cc4)c4ccccc34)cccc12. The molecule has 1 unspecified atom stereocenters. The van der Waals surface area contributed by atoms with Crippen molar-refractivity contribution < 1.29 is 0 Å². The summed E-state index contributed by atoms with van der Waals surface area (Å²) in [4.78, 5) is 0. The molecule has 1 heteroatoms. The monoisotopic (exact) mass is 598 g/mol. The third-order valence-corrected chi connectivity index (χ3v) is 9.75. The van der Waals surface area contributed by atoms with E-state index in [9.17, 15) is 0 Å². The van der Waals surface area contributed by atoms with Crippen LogP contribution in [0.3, 0.4) is 0 Å². The van der Waals surface area contributed by atoms with E-state index in [1.807, 2.05) is 0 Å². The van der Waals surface area contributed by atoms with Crippen LogP contribution in [0, 0.1) is 6.92 Å². The molecule has 1 aliphatic heterocycles. The summed E-state index contributed by atoms with van der Waals surface area (Å²) in [6.45, 7) is 2.20. The number of aryl methyl sites for hydroxylation is 1. The fourth-order valence-electron chi connectivity index (χ4n) is 7.46. The van der Waals surface area contributed by atoms with E-state index in [1.165, 1.54) is 76.5 Å². The lowest BCUT2D eigenvalue weighted by atomic mass is 9.84. The summed E-state index contributed by atoms with van der Waals surface area (Å²) in [5.74, 6) is 0. The second kappa shape index (κ2) is 11.2. The summed E-state index contributed by atoms with van der Waals surface area (Å²) in [7, 11) is 0. The topological polar surface area (TPSA) is 14.1 Å². The smallest absolute Gasteiger partial charge is 0.00201 e. The predicted molar refractivity (Wildman–Crippen MR) is 202 cm³/mol. The van der Waals surface area contributed by atoms with E-state index in [4.69, 9.17) is 5.32 Å². The molecule has 0 saturated heterocycles. The first-order valence-corrected chi connectivity index (χ1v) is 16.3. The van der Waals surface area contributed by atoms with Gasteiger partial charge in [-0.25, -0.2) is 0 Å². The van der Waals surface area contributed by atoms with E-state index < -0.39 is 0 Å². The van der Waals surface area contributed by atoms with Gasteiger partial charge in [0, 0.05) is 0 Å². The van der Waals surface area contributed by atoms with Gasteiger partial charge in [-0.15, -0.1) is 5.70 Å². The predicted octanol–water partition coefficient (Wildman–Crippen LogP) is 13.0. The molecule has 0 fully saturated rings. The number of nitrogens with zero attached hydrogens (tertiary/aromatic N) is 1. The van der Waals surface area contributed by atoms with E-state index >= 15 is 0 Å². The van der Waals surface area contributed by atoms with Crippen LogP contribution in [-0.4, -0.2) is 0 Å². The molecule has 0 amide bonds. The maximum atomic E-state index is 5.18. The normalized spacial score (nSPS) is 14.5. The van der Waals surface area contributed by atoms with Gasteiger partial charge in [0.1, 0.15) is 0 Å². The minimum Gasteiger partial charge on any atom is -0.674 e. The summed E-state index contributed by atoms with van der Waals surface area (Å²) in [5.41, 5.74) is 9.70. The third-order valence-electron chi connectivity index (χ3n) is 9.75. The molecular formula is C46H32N-. The number of hydrogen-bond donors (Lipinski definition) is 0. The van der Waals surface area contributed by atoms with Crippen molar-refractivity contribution in [1.29, 1.82) is 0 Å². The Labute approximate surface area is 275 Å². The average Bonchev–Trinajstić information content (AvgIpc) is 3.14. The van der Waals surface area contributed by atoms with Gasteiger partial charge >= 0.3 is 0 Å². The maximum absolute atomic E-state index is 5.18. The molecule has 9 rings (SSSR count). The molecule has 0 N–H and O–H groups in total. The number of allylic oxidation sites excluding steroid dienone is 2. The summed E-state index contributed by atoms with van der Waals surface area (Å²) in [6.07, 6.45) is 6.45. The van der Waals surface area contributed by atoms with E-state index in [0.717, 1.165) is 11.3 Å². The molecule has 1 aliphatic rings. The Morgan fingerprint density at radius 3 is 1.81 bits per heavy atom. The van der Waals surface area contributed by atoms with Crippen LogP contribution in [0.5, 0.6) is 0 Å². The Balaban J connectivity index is 1.14. The Kier molecular flexibility index (Phi) is 6.50. The molecule has 1 nitrogen and oxygen atoms in total. The van der Waals surface area contributed by atoms with Gasteiger partial charge in [0.25, 0.3) is 0 Å². The van der Waals surface area contributed by atoms with Crippen LogP contribution in [-0.2, 0) is 0 Å². The summed E-state index contributed by atoms with van der Waals surface area (Å²) in [5, 5.41) is 15.3. The number of hydrogen-bond acceptors (Lipinski definition) is 0. The standard InChI is InChI=1S/C46H32N/c1-30-11-8-19-37-36(30)18-9-20-38(37)46-41-16-6-4-14-39(41)45(40-15-5-7-17-42(40)46)33-26-24-32(25-27-33)43-21-10-22-44(47-43)35-28-23-31-12-2-3-13-34(31)29-35/h2-29,44H,1H3/q-1. The molecule has 0 aromatic heterocycles. The maximum Gasteiger partial charge on any atom is -0.00201 e. The second-order valence-electron chi connectivity index (χ2n) is 12.5. The Morgan fingerprint density at radius 1 is 0.468 bits per heavy atom. The number of rotatable bonds is 4. The van der Waals surface area contributed by atoms with Crippen LogP contribution in [0.25, 0.3) is 76.4 Å². The largest absolute Gasteiger partial charge is 0.674 e. The quantitative estimate of drug-likeness (QED) is 0.179. The Morgan fingerprint density at radius 2 is 1.06 bits per heavy atom. The average molecular weight is 599 g/mol. The van der Waals surface area contributed by atoms with Crippen molar-refractivity contribution in [2.75, 3.05) is 0 Å². The zero-order valence-corrected chi connectivity index (χ0v) is 26.2. The molecule has 0 saturated carbocycles. The summed E-state index contributed by atoms with van der Waals surface area (Å²) in [6, 6.07) is 55.3. The molecular weight excluding hydrogens is 567 g/mol. The van der Waals surface area contributed by atoms with E-state index in [-0.39, 0.29) is 6.04 Å². The van der Waals surface area contributed by atoms with Crippen molar-refractivity contribution in [3.8, 4) is 22.3 Å². The lowest BCUT2D eigenvalue weighted by Crippen LogP contribution is -1.99. The molecule has 0 aliphatic carbocycles. The van der Waals surface area contributed by atoms with E-state index in [0.29, 0.717) is 0 Å². The van der Waals surface area contributed by atoms with E-state index in [2.05, 4.69) is 177 Å². The molecule has 1 heterocycles.